The second kappa shape index (κ2) is 9.65. The van der Waals surface area contributed by atoms with E-state index in [1.165, 1.54) is 0 Å². The summed E-state index contributed by atoms with van der Waals surface area (Å²) in [6.07, 6.45) is 9.02. The third kappa shape index (κ3) is 4.68. The molecule has 3 N–H and O–H groups in total. The molecule has 0 aromatic rings. The fourth-order valence-corrected chi connectivity index (χ4v) is 7.38. The lowest BCUT2D eigenvalue weighted by molar-refractivity contribution is -0.137. The lowest BCUT2D eigenvalue weighted by Gasteiger charge is -2.48. The number of rotatable bonds is 8. The molecule has 0 unspecified atom stereocenters. The summed E-state index contributed by atoms with van der Waals surface area (Å²) in [5, 5.41) is 31.0. The first-order chi connectivity index (χ1) is 14.5. The van der Waals surface area contributed by atoms with Crippen LogP contribution in [-0.2, 0) is 4.79 Å². The number of aliphatic hydroxyl groups is 3. The van der Waals surface area contributed by atoms with Crippen molar-refractivity contribution in [3.8, 4) is 0 Å². The number of allylic oxidation sites excluding steroid dienone is 1. The third-order valence-electron chi connectivity index (χ3n) is 9.54. The molecule has 178 valence electrons. The number of hydrogen-bond acceptors (Lipinski definition) is 4. The second-order valence-corrected chi connectivity index (χ2v) is 11.8. The Kier molecular flexibility index (Phi) is 7.76. The van der Waals surface area contributed by atoms with Crippen LogP contribution in [0.25, 0.3) is 0 Å². The Hall–Kier alpha value is -0.710. The first-order valence-electron chi connectivity index (χ1n) is 12.8. The van der Waals surface area contributed by atoms with Crippen molar-refractivity contribution in [2.75, 3.05) is 6.61 Å². The molecule has 0 radical (unpaired) electrons. The van der Waals surface area contributed by atoms with Gasteiger partial charge in [0.2, 0.25) is 0 Å². The first-order valence-corrected chi connectivity index (χ1v) is 12.8. The molecule has 4 heteroatoms. The van der Waals surface area contributed by atoms with Gasteiger partial charge in [-0.3, -0.25) is 4.79 Å². The predicted molar refractivity (Wildman–Crippen MR) is 124 cm³/mol. The quantitative estimate of drug-likeness (QED) is 0.475. The van der Waals surface area contributed by atoms with Crippen LogP contribution in [0.4, 0.5) is 0 Å². The summed E-state index contributed by atoms with van der Waals surface area (Å²) in [6.45, 7) is 11.1. The molecule has 3 aliphatic carbocycles. The zero-order valence-electron chi connectivity index (χ0n) is 20.4. The topological polar surface area (TPSA) is 77.8 Å². The van der Waals surface area contributed by atoms with Gasteiger partial charge in [0.1, 0.15) is 5.78 Å². The highest BCUT2D eigenvalue weighted by molar-refractivity contribution is 5.91. The van der Waals surface area contributed by atoms with Crippen molar-refractivity contribution < 1.29 is 20.1 Å². The van der Waals surface area contributed by atoms with E-state index in [2.05, 4.69) is 40.7 Å². The number of fused-ring (bicyclic) bond motifs is 1. The van der Waals surface area contributed by atoms with Gasteiger partial charge >= 0.3 is 0 Å². The van der Waals surface area contributed by atoms with Crippen molar-refractivity contribution >= 4 is 5.78 Å². The van der Waals surface area contributed by atoms with Crippen molar-refractivity contribution in [2.45, 2.75) is 105 Å². The van der Waals surface area contributed by atoms with Crippen molar-refractivity contribution in [1.82, 2.24) is 0 Å². The van der Waals surface area contributed by atoms with Gasteiger partial charge in [-0.1, -0.05) is 39.3 Å². The number of Topliss-reactive ketones (excluding diaryl/α,β-unsaturated/α-hetero) is 1. The Balaban J connectivity index is 1.82. The Labute approximate surface area is 189 Å². The van der Waals surface area contributed by atoms with E-state index in [9.17, 15) is 20.1 Å². The van der Waals surface area contributed by atoms with Crippen LogP contribution in [-0.4, -0.2) is 39.9 Å². The summed E-state index contributed by atoms with van der Waals surface area (Å²) in [5.74, 6) is 1.68. The minimum atomic E-state index is -0.428. The normalized spacial score (nSPS) is 40.5. The lowest BCUT2D eigenvalue weighted by Crippen LogP contribution is -2.48. The first kappa shape index (κ1) is 24.9. The van der Waals surface area contributed by atoms with Gasteiger partial charge < -0.3 is 15.3 Å². The summed E-state index contributed by atoms with van der Waals surface area (Å²) in [6, 6.07) is 0. The fraction of sp³-hybridized carbons (Fsp3) is 0.889. The summed E-state index contributed by atoms with van der Waals surface area (Å²) in [4.78, 5) is 13.8. The molecule has 31 heavy (non-hydrogen) atoms. The molecule has 0 aromatic carbocycles. The number of carbonyl (C=O) groups is 1. The summed E-state index contributed by atoms with van der Waals surface area (Å²) >= 11 is 0. The Morgan fingerprint density at radius 2 is 1.84 bits per heavy atom. The molecule has 0 bridgehead atoms. The molecule has 3 rings (SSSR count). The minimum Gasteiger partial charge on any atom is -0.396 e. The molecule has 0 spiro atoms. The van der Waals surface area contributed by atoms with E-state index in [0.717, 1.165) is 44.1 Å². The van der Waals surface area contributed by atoms with Gasteiger partial charge in [0, 0.05) is 17.9 Å². The molecule has 0 saturated heterocycles. The average Bonchev–Trinajstić information content (AvgIpc) is 3.04. The van der Waals surface area contributed by atoms with Crippen LogP contribution in [0.15, 0.2) is 11.6 Å². The molecular formula is C27H46O4. The molecule has 0 aromatic heterocycles. The average molecular weight is 435 g/mol. The zero-order valence-corrected chi connectivity index (χ0v) is 20.4. The van der Waals surface area contributed by atoms with Gasteiger partial charge in [0.15, 0.2) is 0 Å². The van der Waals surface area contributed by atoms with E-state index in [4.69, 9.17) is 0 Å². The minimum absolute atomic E-state index is 0.00875. The van der Waals surface area contributed by atoms with Crippen LogP contribution >= 0.6 is 0 Å². The van der Waals surface area contributed by atoms with E-state index >= 15 is 0 Å². The van der Waals surface area contributed by atoms with Gasteiger partial charge in [-0.05, 0) is 93.8 Å². The van der Waals surface area contributed by atoms with Crippen LogP contribution in [0.3, 0.4) is 0 Å². The van der Waals surface area contributed by atoms with Crippen LogP contribution in [0.5, 0.6) is 0 Å². The lowest BCUT2D eigenvalue weighted by atomic mass is 9.55. The Bertz CT molecular complexity index is 670. The number of carbonyl (C=O) groups excluding carboxylic acids is 1. The van der Waals surface area contributed by atoms with Crippen molar-refractivity contribution in [3.05, 3.63) is 11.6 Å². The van der Waals surface area contributed by atoms with Gasteiger partial charge in [0.05, 0.1) is 12.2 Å². The van der Waals surface area contributed by atoms with E-state index in [0.29, 0.717) is 36.9 Å². The molecule has 2 saturated carbocycles. The van der Waals surface area contributed by atoms with Crippen LogP contribution in [0.1, 0.15) is 92.4 Å². The van der Waals surface area contributed by atoms with Crippen LogP contribution < -0.4 is 0 Å². The fourth-order valence-electron chi connectivity index (χ4n) is 7.38. The van der Waals surface area contributed by atoms with Crippen molar-refractivity contribution in [3.63, 3.8) is 0 Å². The molecule has 4 nitrogen and oxygen atoms in total. The largest absolute Gasteiger partial charge is 0.396 e. The van der Waals surface area contributed by atoms with Crippen LogP contribution in [0, 0.1) is 40.4 Å². The molecule has 0 amide bonds. The Morgan fingerprint density at radius 3 is 2.48 bits per heavy atom. The smallest absolute Gasteiger partial charge is 0.146 e. The maximum atomic E-state index is 13.8. The summed E-state index contributed by atoms with van der Waals surface area (Å²) < 4.78 is 0. The van der Waals surface area contributed by atoms with Crippen LogP contribution in [0.2, 0.25) is 0 Å². The van der Waals surface area contributed by atoms with E-state index in [-0.39, 0.29) is 42.0 Å². The summed E-state index contributed by atoms with van der Waals surface area (Å²) in [5.41, 5.74) is 0.578. The van der Waals surface area contributed by atoms with E-state index in [1.54, 1.807) is 0 Å². The number of hydrogen-bond donors (Lipinski definition) is 3. The van der Waals surface area contributed by atoms with Crippen molar-refractivity contribution in [1.29, 1.82) is 0 Å². The van der Waals surface area contributed by atoms with Gasteiger partial charge in [-0.15, -0.1) is 0 Å². The maximum Gasteiger partial charge on any atom is 0.146 e. The molecule has 0 heterocycles. The number of ketones is 1. The standard InChI is InChI=1S/C27H46O4/c1-17(2)6-11-24(30)18(3)22-9-10-23(27(22,5)14-15-28)21-8-7-19-16-20(29)12-13-26(19,4)25(21)31/h7,17-18,20-24,28-30H,6,8-16H2,1-5H3/t18-,20-,21-,22+,23-,24-,26-,27+/m0/s1. The number of aliphatic hydroxyl groups excluding tert-OH is 3. The molecule has 8 atom stereocenters. The molecule has 0 aliphatic heterocycles. The molecular weight excluding hydrogens is 388 g/mol. The highest BCUT2D eigenvalue weighted by atomic mass is 16.3. The highest BCUT2D eigenvalue weighted by Gasteiger charge is 2.56. The monoisotopic (exact) mass is 434 g/mol. The SMILES string of the molecule is CC(C)CC[C@H](O)[C@@H](C)[C@H]1CC[C@@H]([C@@H]2CC=C3C[C@@H](O)CC[C@]3(C)C2=O)[C@]1(C)CCO. The van der Waals surface area contributed by atoms with Crippen molar-refractivity contribution in [2.24, 2.45) is 40.4 Å². The highest BCUT2D eigenvalue weighted by Crippen LogP contribution is 2.59. The van der Waals surface area contributed by atoms with E-state index in [1.807, 2.05) is 0 Å². The molecule has 3 aliphatic rings. The molecule has 2 fully saturated rings. The zero-order chi connectivity index (χ0) is 23.0. The Morgan fingerprint density at radius 1 is 1.13 bits per heavy atom. The summed E-state index contributed by atoms with van der Waals surface area (Å²) in [7, 11) is 0. The van der Waals surface area contributed by atoms with E-state index < -0.39 is 5.41 Å². The van der Waals surface area contributed by atoms with Gasteiger partial charge in [0.25, 0.3) is 0 Å². The second-order valence-electron chi connectivity index (χ2n) is 11.8. The maximum absolute atomic E-state index is 13.8. The predicted octanol–water partition coefficient (Wildman–Crippen LogP) is 4.90. The van der Waals surface area contributed by atoms with Gasteiger partial charge in [-0.2, -0.15) is 0 Å². The third-order valence-corrected chi connectivity index (χ3v) is 9.54. The van der Waals surface area contributed by atoms with Gasteiger partial charge in [-0.25, -0.2) is 0 Å².